The second kappa shape index (κ2) is 7.71. The van der Waals surface area contributed by atoms with E-state index in [-0.39, 0.29) is 5.54 Å². The lowest BCUT2D eigenvalue weighted by Crippen LogP contribution is -2.52. The summed E-state index contributed by atoms with van der Waals surface area (Å²) < 4.78 is 5.64. The topological polar surface area (TPSA) is 12.5 Å². The van der Waals surface area contributed by atoms with Crippen molar-refractivity contribution in [3.8, 4) is 0 Å². The van der Waals surface area contributed by atoms with Crippen molar-refractivity contribution >= 4 is 34.5 Å². The molecule has 0 unspecified atom stereocenters. The van der Waals surface area contributed by atoms with Gasteiger partial charge in [0.2, 0.25) is 0 Å². The molecule has 1 aliphatic rings. The molecular formula is C21H19Cl2NOS. The van der Waals surface area contributed by atoms with E-state index in [0.717, 1.165) is 36.3 Å². The zero-order valence-corrected chi connectivity index (χ0v) is 16.5. The normalized spacial score (nSPS) is 15.9. The van der Waals surface area contributed by atoms with Crippen LogP contribution in [0, 0.1) is 0 Å². The molecule has 1 saturated heterocycles. The van der Waals surface area contributed by atoms with Crippen LogP contribution in [0.2, 0.25) is 10.0 Å². The first-order valence-corrected chi connectivity index (χ1v) is 10.2. The van der Waals surface area contributed by atoms with Crippen LogP contribution in [0.3, 0.4) is 0 Å². The van der Waals surface area contributed by atoms with Crippen molar-refractivity contribution in [3.05, 3.63) is 92.1 Å². The van der Waals surface area contributed by atoms with E-state index in [2.05, 4.69) is 46.7 Å². The Morgan fingerprint density at radius 1 is 0.808 bits per heavy atom. The fourth-order valence-corrected chi connectivity index (χ4v) is 4.99. The Hall–Kier alpha value is -1.36. The van der Waals surface area contributed by atoms with Crippen LogP contribution >= 0.6 is 34.5 Å². The number of nitrogens with zero attached hydrogens (tertiary/aromatic N) is 1. The smallest absolute Gasteiger partial charge is 0.107 e. The quantitative estimate of drug-likeness (QED) is 0.555. The van der Waals surface area contributed by atoms with Crippen LogP contribution in [0.5, 0.6) is 0 Å². The lowest BCUT2D eigenvalue weighted by Gasteiger charge is -2.46. The van der Waals surface area contributed by atoms with Gasteiger partial charge in [0.05, 0.1) is 13.2 Å². The number of halogens is 2. The van der Waals surface area contributed by atoms with Gasteiger partial charge in [0.25, 0.3) is 0 Å². The van der Waals surface area contributed by atoms with Crippen molar-refractivity contribution in [1.29, 1.82) is 0 Å². The first-order chi connectivity index (χ1) is 12.7. The minimum absolute atomic E-state index is 0.382. The molecule has 1 fully saturated rings. The molecule has 0 saturated carbocycles. The lowest BCUT2D eigenvalue weighted by atomic mass is 9.79. The van der Waals surface area contributed by atoms with Crippen LogP contribution in [-0.4, -0.2) is 31.2 Å². The van der Waals surface area contributed by atoms with Gasteiger partial charge in [0, 0.05) is 28.0 Å². The largest absolute Gasteiger partial charge is 0.379 e. The minimum Gasteiger partial charge on any atom is -0.379 e. The van der Waals surface area contributed by atoms with Gasteiger partial charge in [0.15, 0.2) is 0 Å². The molecule has 134 valence electrons. The molecular weight excluding hydrogens is 385 g/mol. The van der Waals surface area contributed by atoms with Gasteiger partial charge in [-0.15, -0.1) is 11.3 Å². The van der Waals surface area contributed by atoms with Crippen LogP contribution < -0.4 is 0 Å². The van der Waals surface area contributed by atoms with E-state index < -0.39 is 0 Å². The molecule has 0 bridgehead atoms. The summed E-state index contributed by atoms with van der Waals surface area (Å²) in [6.45, 7) is 3.19. The summed E-state index contributed by atoms with van der Waals surface area (Å²) >= 11 is 14.2. The summed E-state index contributed by atoms with van der Waals surface area (Å²) in [6.07, 6.45) is 0. The van der Waals surface area contributed by atoms with E-state index in [4.69, 9.17) is 27.9 Å². The Labute approximate surface area is 167 Å². The molecule has 4 rings (SSSR count). The van der Waals surface area contributed by atoms with Gasteiger partial charge in [-0.05, 0) is 46.8 Å². The van der Waals surface area contributed by atoms with Gasteiger partial charge < -0.3 is 4.74 Å². The summed E-state index contributed by atoms with van der Waals surface area (Å²) in [7, 11) is 0. The molecule has 2 heterocycles. The summed E-state index contributed by atoms with van der Waals surface area (Å²) in [5.74, 6) is 0. The van der Waals surface area contributed by atoms with Gasteiger partial charge in [-0.2, -0.15) is 0 Å². The number of hydrogen-bond acceptors (Lipinski definition) is 3. The van der Waals surface area contributed by atoms with Crippen LogP contribution in [0.15, 0.2) is 66.0 Å². The number of morpholine rings is 1. The van der Waals surface area contributed by atoms with Crippen molar-refractivity contribution in [1.82, 2.24) is 4.90 Å². The third-order valence-corrected chi connectivity index (χ3v) is 6.37. The molecule has 3 aromatic rings. The van der Waals surface area contributed by atoms with Crippen LogP contribution in [0.25, 0.3) is 0 Å². The molecule has 26 heavy (non-hydrogen) atoms. The highest BCUT2D eigenvalue weighted by Gasteiger charge is 2.43. The standard InChI is InChI=1S/C21H19Cl2NOS/c22-18-7-3-16(4-8-18)21(20-2-1-15-26-20,24-11-13-25-14-12-24)17-5-9-19(23)10-6-17/h1-10,15H,11-14H2. The van der Waals surface area contributed by atoms with Gasteiger partial charge in [-0.3, -0.25) is 4.90 Å². The Kier molecular flexibility index (Phi) is 5.35. The molecule has 0 aliphatic carbocycles. The Morgan fingerprint density at radius 3 is 1.81 bits per heavy atom. The fourth-order valence-electron chi connectivity index (χ4n) is 3.74. The molecule has 2 nitrogen and oxygen atoms in total. The predicted molar refractivity (Wildman–Crippen MR) is 109 cm³/mol. The summed E-state index contributed by atoms with van der Waals surface area (Å²) in [5, 5.41) is 3.62. The lowest BCUT2D eigenvalue weighted by molar-refractivity contribution is 0.00322. The summed E-state index contributed by atoms with van der Waals surface area (Å²) in [4.78, 5) is 3.79. The average molecular weight is 404 g/mol. The number of hydrogen-bond donors (Lipinski definition) is 0. The number of rotatable bonds is 4. The van der Waals surface area contributed by atoms with Crippen molar-refractivity contribution in [2.75, 3.05) is 26.3 Å². The molecule has 2 aromatic carbocycles. The van der Waals surface area contributed by atoms with Gasteiger partial charge in [-0.25, -0.2) is 0 Å². The first-order valence-electron chi connectivity index (χ1n) is 8.60. The number of thiophene rings is 1. The number of benzene rings is 2. The van der Waals surface area contributed by atoms with Crippen molar-refractivity contribution < 1.29 is 4.74 Å². The Morgan fingerprint density at radius 2 is 1.35 bits per heavy atom. The SMILES string of the molecule is Clc1ccc(C(c2ccc(Cl)cc2)(c2cccs2)N2CCOCC2)cc1. The highest BCUT2D eigenvalue weighted by molar-refractivity contribution is 7.10. The number of ether oxygens (including phenoxy) is 1. The van der Waals surface area contributed by atoms with E-state index >= 15 is 0 Å². The van der Waals surface area contributed by atoms with Gasteiger partial charge >= 0.3 is 0 Å². The first kappa shape index (κ1) is 18.0. The monoisotopic (exact) mass is 403 g/mol. The minimum atomic E-state index is -0.382. The van der Waals surface area contributed by atoms with Crippen LogP contribution in [-0.2, 0) is 10.3 Å². The van der Waals surface area contributed by atoms with Crippen molar-refractivity contribution in [2.24, 2.45) is 0 Å². The Bertz CT molecular complexity index is 795. The van der Waals surface area contributed by atoms with E-state index in [1.165, 1.54) is 16.0 Å². The van der Waals surface area contributed by atoms with E-state index in [9.17, 15) is 0 Å². The maximum atomic E-state index is 6.19. The Balaban J connectivity index is 1.98. The van der Waals surface area contributed by atoms with Gasteiger partial charge in [-0.1, -0.05) is 53.5 Å². The van der Waals surface area contributed by atoms with Crippen molar-refractivity contribution in [3.63, 3.8) is 0 Å². The second-order valence-electron chi connectivity index (χ2n) is 6.30. The molecule has 0 amide bonds. The van der Waals surface area contributed by atoms with E-state index in [0.29, 0.717) is 0 Å². The van der Waals surface area contributed by atoms with Gasteiger partial charge in [0.1, 0.15) is 5.54 Å². The highest BCUT2D eigenvalue weighted by atomic mass is 35.5. The van der Waals surface area contributed by atoms with E-state index in [1.807, 2.05) is 24.3 Å². The van der Waals surface area contributed by atoms with Crippen LogP contribution in [0.4, 0.5) is 0 Å². The second-order valence-corrected chi connectivity index (χ2v) is 8.12. The molecule has 0 atom stereocenters. The maximum Gasteiger partial charge on any atom is 0.107 e. The molecule has 0 spiro atoms. The zero-order chi connectivity index (χ0) is 18.0. The van der Waals surface area contributed by atoms with Crippen molar-refractivity contribution in [2.45, 2.75) is 5.54 Å². The summed E-state index contributed by atoms with van der Waals surface area (Å²) in [5.41, 5.74) is 2.02. The third-order valence-electron chi connectivity index (χ3n) is 4.89. The van der Waals surface area contributed by atoms with Crippen LogP contribution in [0.1, 0.15) is 16.0 Å². The molecule has 0 N–H and O–H groups in total. The molecule has 1 aromatic heterocycles. The third kappa shape index (κ3) is 3.19. The molecule has 5 heteroatoms. The predicted octanol–water partition coefficient (Wildman–Crippen LogP) is 5.68. The maximum absolute atomic E-state index is 6.19. The molecule has 1 aliphatic heterocycles. The zero-order valence-electron chi connectivity index (χ0n) is 14.2. The summed E-state index contributed by atoms with van der Waals surface area (Å²) in [6, 6.07) is 20.7. The fraction of sp³-hybridized carbons (Fsp3) is 0.238. The van der Waals surface area contributed by atoms with E-state index in [1.54, 1.807) is 11.3 Å². The average Bonchev–Trinajstić information content (AvgIpc) is 3.21. The highest BCUT2D eigenvalue weighted by Crippen LogP contribution is 2.45. The molecule has 0 radical (unpaired) electrons.